The van der Waals surface area contributed by atoms with Gasteiger partial charge in [-0.25, -0.2) is 0 Å². The van der Waals surface area contributed by atoms with E-state index in [0.717, 1.165) is 5.39 Å². The van der Waals surface area contributed by atoms with Crippen LogP contribution in [0.5, 0.6) is 0 Å². The minimum Gasteiger partial charge on any atom is -0.382 e. The molecule has 0 fully saturated rings. The summed E-state index contributed by atoms with van der Waals surface area (Å²) in [5, 5.41) is 23.9. The van der Waals surface area contributed by atoms with E-state index in [4.69, 9.17) is 20.9 Å². The van der Waals surface area contributed by atoms with Crippen molar-refractivity contribution in [2.45, 2.75) is 0 Å². The smallest absolute Gasteiger partial charge is 0.201 e. The average molecular weight is 228 g/mol. The van der Waals surface area contributed by atoms with Gasteiger partial charge in [-0.05, 0) is 12.1 Å². The van der Waals surface area contributed by atoms with Crippen molar-refractivity contribution in [2.75, 3.05) is 5.43 Å². The summed E-state index contributed by atoms with van der Waals surface area (Å²) in [4.78, 5) is 0. The second-order valence-electron chi connectivity index (χ2n) is 3.15. The Morgan fingerprint density at radius 3 is 3.12 bits per heavy atom. The SMILES string of the molecule is N#C/C(=N\Nc1cccc2cnoc12)C(=N)N. The van der Waals surface area contributed by atoms with E-state index < -0.39 is 5.84 Å². The maximum absolute atomic E-state index is 8.67. The van der Waals surface area contributed by atoms with Crippen molar-refractivity contribution in [1.82, 2.24) is 5.16 Å². The molecule has 1 aromatic heterocycles. The zero-order chi connectivity index (χ0) is 12.3. The summed E-state index contributed by atoms with van der Waals surface area (Å²) in [7, 11) is 0. The van der Waals surface area contributed by atoms with Crippen LogP contribution in [-0.4, -0.2) is 16.7 Å². The van der Waals surface area contributed by atoms with Gasteiger partial charge in [-0.1, -0.05) is 11.2 Å². The lowest BCUT2D eigenvalue weighted by molar-refractivity contribution is 0.457. The number of benzene rings is 1. The number of nitrogens with zero attached hydrogens (tertiary/aromatic N) is 3. The monoisotopic (exact) mass is 228 g/mol. The normalized spacial score (nSPS) is 11.1. The molecule has 7 nitrogen and oxygen atoms in total. The van der Waals surface area contributed by atoms with Crippen LogP contribution in [0.1, 0.15) is 0 Å². The fraction of sp³-hybridized carbons (Fsp3) is 0. The molecular formula is C10H8N6O. The van der Waals surface area contributed by atoms with Crippen molar-refractivity contribution in [3.05, 3.63) is 24.4 Å². The van der Waals surface area contributed by atoms with E-state index in [1.54, 1.807) is 24.4 Å². The van der Waals surface area contributed by atoms with Crippen LogP contribution in [0.15, 0.2) is 34.0 Å². The third-order valence-electron chi connectivity index (χ3n) is 2.03. The first-order chi connectivity index (χ1) is 8.22. The van der Waals surface area contributed by atoms with Crippen molar-refractivity contribution in [2.24, 2.45) is 10.8 Å². The molecule has 0 radical (unpaired) electrons. The van der Waals surface area contributed by atoms with Gasteiger partial charge in [-0.2, -0.15) is 10.4 Å². The number of para-hydroxylation sites is 1. The van der Waals surface area contributed by atoms with Gasteiger partial charge in [0.1, 0.15) is 11.8 Å². The largest absolute Gasteiger partial charge is 0.382 e. The fourth-order valence-electron chi connectivity index (χ4n) is 1.24. The highest BCUT2D eigenvalue weighted by Crippen LogP contribution is 2.22. The zero-order valence-corrected chi connectivity index (χ0v) is 8.64. The molecule has 1 heterocycles. The second-order valence-corrected chi connectivity index (χ2v) is 3.15. The number of anilines is 1. The minimum absolute atomic E-state index is 0.193. The Hall–Kier alpha value is -2.88. The fourth-order valence-corrected chi connectivity index (χ4v) is 1.24. The molecule has 0 bridgehead atoms. The lowest BCUT2D eigenvalue weighted by Gasteiger charge is -2.00. The van der Waals surface area contributed by atoms with Gasteiger partial charge in [0.2, 0.25) is 5.71 Å². The van der Waals surface area contributed by atoms with E-state index in [1.807, 2.05) is 6.07 Å². The molecule has 0 amide bonds. The number of nitrogens with one attached hydrogen (secondary N) is 2. The van der Waals surface area contributed by atoms with Gasteiger partial charge < -0.3 is 10.3 Å². The first-order valence-electron chi connectivity index (χ1n) is 4.64. The summed E-state index contributed by atoms with van der Waals surface area (Å²) in [6.07, 6.45) is 1.57. The molecule has 0 spiro atoms. The number of hydrazone groups is 1. The number of hydrogen-bond acceptors (Lipinski definition) is 6. The Morgan fingerprint density at radius 1 is 1.59 bits per heavy atom. The van der Waals surface area contributed by atoms with E-state index in [1.165, 1.54) is 0 Å². The van der Waals surface area contributed by atoms with Crippen LogP contribution < -0.4 is 11.2 Å². The maximum atomic E-state index is 8.67. The van der Waals surface area contributed by atoms with Crippen LogP contribution in [0, 0.1) is 16.7 Å². The maximum Gasteiger partial charge on any atom is 0.201 e. The Kier molecular flexibility index (Phi) is 2.70. The highest BCUT2D eigenvalue weighted by Gasteiger charge is 2.05. The third-order valence-corrected chi connectivity index (χ3v) is 2.03. The standard InChI is InChI=1S/C10H8N6O/c11-4-8(10(12)13)16-15-7-3-1-2-6-5-14-17-9(6)7/h1-3,5,15H,(H3,12,13)/b16-8+. The number of hydrogen-bond donors (Lipinski definition) is 3. The molecule has 17 heavy (non-hydrogen) atoms. The van der Waals surface area contributed by atoms with Gasteiger partial charge in [0.15, 0.2) is 11.4 Å². The van der Waals surface area contributed by atoms with Gasteiger partial charge in [-0.3, -0.25) is 10.8 Å². The van der Waals surface area contributed by atoms with E-state index >= 15 is 0 Å². The highest BCUT2D eigenvalue weighted by atomic mass is 16.5. The summed E-state index contributed by atoms with van der Waals surface area (Å²) in [6, 6.07) is 7.04. The minimum atomic E-state index is -0.398. The molecule has 1 aromatic carbocycles. The van der Waals surface area contributed by atoms with Gasteiger partial charge in [0.25, 0.3) is 0 Å². The summed E-state index contributed by atoms with van der Waals surface area (Å²) in [6.45, 7) is 0. The Balaban J connectivity index is 2.34. The molecule has 0 saturated heterocycles. The van der Waals surface area contributed by atoms with Crippen molar-refractivity contribution in [3.8, 4) is 6.07 Å². The predicted molar refractivity (Wildman–Crippen MR) is 62.6 cm³/mol. The molecule has 0 saturated carbocycles. The first-order valence-corrected chi connectivity index (χ1v) is 4.64. The number of amidine groups is 1. The van der Waals surface area contributed by atoms with Crippen LogP contribution >= 0.6 is 0 Å². The van der Waals surface area contributed by atoms with E-state index in [-0.39, 0.29) is 5.71 Å². The van der Waals surface area contributed by atoms with Crippen molar-refractivity contribution < 1.29 is 4.52 Å². The number of rotatable bonds is 3. The molecular weight excluding hydrogens is 220 g/mol. The second kappa shape index (κ2) is 4.32. The molecule has 2 rings (SSSR count). The van der Waals surface area contributed by atoms with Crippen LogP contribution in [0.2, 0.25) is 0 Å². The summed E-state index contributed by atoms with van der Waals surface area (Å²) in [5.74, 6) is -0.398. The molecule has 0 unspecified atom stereocenters. The molecule has 0 atom stereocenters. The quantitative estimate of drug-likeness (QED) is 0.411. The average Bonchev–Trinajstić information content (AvgIpc) is 2.78. The van der Waals surface area contributed by atoms with Crippen LogP contribution in [0.4, 0.5) is 5.69 Å². The van der Waals surface area contributed by atoms with Crippen molar-refractivity contribution >= 4 is 28.2 Å². The van der Waals surface area contributed by atoms with Gasteiger partial charge in [-0.15, -0.1) is 0 Å². The van der Waals surface area contributed by atoms with Gasteiger partial charge in [0.05, 0.1) is 6.20 Å². The molecule has 84 valence electrons. The van der Waals surface area contributed by atoms with E-state index in [2.05, 4.69) is 15.7 Å². The van der Waals surface area contributed by atoms with Gasteiger partial charge in [0, 0.05) is 5.39 Å². The summed E-state index contributed by atoms with van der Waals surface area (Å²) >= 11 is 0. The topological polar surface area (TPSA) is 124 Å². The number of aromatic nitrogens is 1. The van der Waals surface area contributed by atoms with Crippen LogP contribution in [-0.2, 0) is 0 Å². The lowest BCUT2D eigenvalue weighted by atomic mass is 10.2. The van der Waals surface area contributed by atoms with Crippen LogP contribution in [0.25, 0.3) is 11.0 Å². The van der Waals surface area contributed by atoms with Crippen molar-refractivity contribution in [3.63, 3.8) is 0 Å². The Bertz CT molecular complexity index is 636. The van der Waals surface area contributed by atoms with Crippen LogP contribution in [0.3, 0.4) is 0 Å². The zero-order valence-electron chi connectivity index (χ0n) is 8.64. The molecule has 0 aliphatic heterocycles. The van der Waals surface area contributed by atoms with E-state index in [0.29, 0.717) is 11.3 Å². The Labute approximate surface area is 96.0 Å². The Morgan fingerprint density at radius 2 is 2.41 bits per heavy atom. The van der Waals surface area contributed by atoms with Crippen molar-refractivity contribution in [1.29, 1.82) is 10.7 Å². The molecule has 4 N–H and O–H groups in total. The lowest BCUT2D eigenvalue weighted by Crippen LogP contribution is -2.21. The number of nitriles is 1. The molecule has 7 heteroatoms. The third kappa shape index (κ3) is 2.05. The molecule has 0 aliphatic rings. The van der Waals surface area contributed by atoms with E-state index in [9.17, 15) is 0 Å². The number of nitrogens with two attached hydrogens (primary N) is 1. The summed E-state index contributed by atoms with van der Waals surface area (Å²) in [5.41, 5.74) is 8.66. The molecule has 0 aliphatic carbocycles. The predicted octanol–water partition coefficient (Wildman–Crippen LogP) is 1.06. The summed E-state index contributed by atoms with van der Waals surface area (Å²) < 4.78 is 5.03. The number of fused-ring (bicyclic) bond motifs is 1. The first kappa shape index (κ1) is 10.6. The van der Waals surface area contributed by atoms with Gasteiger partial charge >= 0.3 is 0 Å². The highest BCUT2D eigenvalue weighted by molar-refractivity contribution is 6.45. The molecule has 2 aromatic rings.